The van der Waals surface area contributed by atoms with Gasteiger partial charge in [-0.05, 0) is 63.4 Å². The lowest BCUT2D eigenvalue weighted by Crippen LogP contribution is -2.42. The highest BCUT2D eigenvalue weighted by Gasteiger charge is 2.32. The normalized spacial score (nSPS) is 16.4. The van der Waals surface area contributed by atoms with E-state index in [0.717, 1.165) is 47.7 Å². The van der Waals surface area contributed by atoms with Crippen LogP contribution in [0.5, 0.6) is 5.75 Å². The number of carbonyl (C=O) groups is 1. The van der Waals surface area contributed by atoms with Crippen LogP contribution in [0.15, 0.2) is 48.5 Å². The van der Waals surface area contributed by atoms with Crippen molar-refractivity contribution < 1.29 is 14.3 Å². The molecule has 1 aromatic heterocycles. The minimum Gasteiger partial charge on any atom is -0.497 e. The molecular formula is C25H32N4O3. The van der Waals surface area contributed by atoms with Crippen molar-refractivity contribution in [3.8, 4) is 5.75 Å². The number of imidazole rings is 1. The van der Waals surface area contributed by atoms with Gasteiger partial charge in [-0.2, -0.15) is 0 Å². The van der Waals surface area contributed by atoms with Crippen LogP contribution in [0, 0.1) is 0 Å². The van der Waals surface area contributed by atoms with Crippen molar-refractivity contribution in [3.05, 3.63) is 54.1 Å². The van der Waals surface area contributed by atoms with E-state index in [1.807, 2.05) is 56.0 Å². The lowest BCUT2D eigenvalue weighted by Gasteiger charge is -2.28. The highest BCUT2D eigenvalue weighted by Crippen LogP contribution is 2.25. The van der Waals surface area contributed by atoms with E-state index in [1.54, 1.807) is 7.11 Å². The predicted molar refractivity (Wildman–Crippen MR) is 126 cm³/mol. The number of nitrogens with one attached hydrogen (secondary N) is 1. The minimum atomic E-state index is -0.496. The van der Waals surface area contributed by atoms with Crippen molar-refractivity contribution in [2.24, 2.45) is 0 Å². The molecule has 1 atom stereocenters. The van der Waals surface area contributed by atoms with Crippen molar-refractivity contribution in [1.82, 2.24) is 14.5 Å². The average Bonchev–Trinajstić information content (AvgIpc) is 3.36. The molecule has 32 heavy (non-hydrogen) atoms. The average molecular weight is 437 g/mol. The molecule has 1 saturated heterocycles. The first kappa shape index (κ1) is 22.0. The van der Waals surface area contributed by atoms with Gasteiger partial charge in [0.15, 0.2) is 0 Å². The number of carbonyl (C=O) groups excluding carboxylic acids is 1. The van der Waals surface area contributed by atoms with Crippen molar-refractivity contribution in [2.45, 2.75) is 51.8 Å². The van der Waals surface area contributed by atoms with E-state index in [4.69, 9.17) is 14.5 Å². The molecule has 0 spiro atoms. The minimum absolute atomic E-state index is 0.0825. The predicted octanol–water partition coefficient (Wildman–Crippen LogP) is 4.90. The number of amides is 1. The van der Waals surface area contributed by atoms with Crippen molar-refractivity contribution in [3.63, 3.8) is 0 Å². The molecule has 7 nitrogen and oxygen atoms in total. The molecule has 3 aromatic rings. The number of likely N-dealkylation sites (tertiary alicyclic amines) is 1. The third-order valence-corrected chi connectivity index (χ3v) is 5.66. The maximum absolute atomic E-state index is 12.6. The summed E-state index contributed by atoms with van der Waals surface area (Å²) in [4.78, 5) is 19.3. The van der Waals surface area contributed by atoms with Crippen LogP contribution in [0.4, 0.5) is 10.7 Å². The SMILES string of the molecule is COc1ccc(Cn2c(NCC3CCCN3C(=O)OC(C)(C)C)nc3ccccc32)cc1. The number of benzene rings is 2. The summed E-state index contributed by atoms with van der Waals surface area (Å²) in [5, 5.41) is 3.51. The molecule has 1 unspecified atom stereocenters. The zero-order valence-corrected chi connectivity index (χ0v) is 19.3. The van der Waals surface area contributed by atoms with E-state index in [-0.39, 0.29) is 12.1 Å². The Morgan fingerprint density at radius 2 is 1.91 bits per heavy atom. The number of hydrogen-bond acceptors (Lipinski definition) is 5. The summed E-state index contributed by atoms with van der Waals surface area (Å²) in [6.45, 7) is 7.74. The number of anilines is 1. The molecule has 0 bridgehead atoms. The number of aromatic nitrogens is 2. The Bertz CT molecular complexity index is 1070. The number of ether oxygens (including phenoxy) is 2. The first-order valence-electron chi connectivity index (χ1n) is 11.2. The molecule has 0 aliphatic carbocycles. The monoisotopic (exact) mass is 436 g/mol. The highest BCUT2D eigenvalue weighted by atomic mass is 16.6. The third-order valence-electron chi connectivity index (χ3n) is 5.66. The summed E-state index contributed by atoms with van der Waals surface area (Å²) in [5.74, 6) is 1.64. The summed E-state index contributed by atoms with van der Waals surface area (Å²) in [7, 11) is 1.67. The molecule has 170 valence electrons. The van der Waals surface area contributed by atoms with Crippen LogP contribution in [0.3, 0.4) is 0 Å². The first-order chi connectivity index (χ1) is 15.3. The van der Waals surface area contributed by atoms with Gasteiger partial charge in [0.2, 0.25) is 5.95 Å². The molecule has 0 radical (unpaired) electrons. The smallest absolute Gasteiger partial charge is 0.410 e. The van der Waals surface area contributed by atoms with Gasteiger partial charge in [-0.25, -0.2) is 9.78 Å². The first-order valence-corrected chi connectivity index (χ1v) is 11.2. The Labute approximate surface area is 189 Å². The fraction of sp³-hybridized carbons (Fsp3) is 0.440. The molecule has 2 aromatic carbocycles. The van der Waals surface area contributed by atoms with Crippen LogP contribution in [0.1, 0.15) is 39.2 Å². The van der Waals surface area contributed by atoms with E-state index >= 15 is 0 Å². The second-order valence-corrected chi connectivity index (χ2v) is 9.21. The van der Waals surface area contributed by atoms with Gasteiger partial charge in [0, 0.05) is 13.1 Å². The molecular weight excluding hydrogens is 404 g/mol. The number of rotatable bonds is 6. The zero-order valence-electron chi connectivity index (χ0n) is 19.3. The van der Waals surface area contributed by atoms with Gasteiger partial charge in [0.25, 0.3) is 0 Å². The largest absolute Gasteiger partial charge is 0.497 e. The third kappa shape index (κ3) is 4.98. The van der Waals surface area contributed by atoms with E-state index in [0.29, 0.717) is 13.1 Å². The lowest BCUT2D eigenvalue weighted by molar-refractivity contribution is 0.0235. The van der Waals surface area contributed by atoms with Gasteiger partial charge in [0.1, 0.15) is 11.4 Å². The number of methoxy groups -OCH3 is 1. The molecule has 2 heterocycles. The van der Waals surface area contributed by atoms with Crippen molar-refractivity contribution in [2.75, 3.05) is 25.5 Å². The second kappa shape index (κ2) is 9.10. The molecule has 0 saturated carbocycles. The quantitative estimate of drug-likeness (QED) is 0.595. The lowest BCUT2D eigenvalue weighted by atomic mass is 10.2. The maximum Gasteiger partial charge on any atom is 0.410 e. The molecule has 1 aliphatic rings. The Morgan fingerprint density at radius 3 is 2.62 bits per heavy atom. The van der Waals surface area contributed by atoms with E-state index < -0.39 is 5.60 Å². The number of para-hydroxylation sites is 2. The molecule has 1 aliphatic heterocycles. The molecule has 7 heteroatoms. The van der Waals surface area contributed by atoms with Crippen molar-refractivity contribution in [1.29, 1.82) is 0 Å². The van der Waals surface area contributed by atoms with Gasteiger partial charge in [-0.15, -0.1) is 0 Å². The Hall–Kier alpha value is -3.22. The second-order valence-electron chi connectivity index (χ2n) is 9.21. The van der Waals surface area contributed by atoms with E-state index in [1.165, 1.54) is 0 Å². The van der Waals surface area contributed by atoms with Gasteiger partial charge in [0.05, 0.1) is 30.7 Å². The summed E-state index contributed by atoms with van der Waals surface area (Å²) < 4.78 is 13.1. The van der Waals surface area contributed by atoms with Crippen LogP contribution >= 0.6 is 0 Å². The number of nitrogens with zero attached hydrogens (tertiary/aromatic N) is 3. The van der Waals surface area contributed by atoms with E-state index in [2.05, 4.69) is 28.1 Å². The van der Waals surface area contributed by atoms with Gasteiger partial charge >= 0.3 is 6.09 Å². The fourth-order valence-corrected chi connectivity index (χ4v) is 4.10. The standard InChI is InChI=1S/C25H32N4O3/c1-25(2,3)32-24(30)28-15-7-8-19(28)16-26-23-27-21-9-5-6-10-22(21)29(23)17-18-11-13-20(31-4)14-12-18/h5-6,9-14,19H,7-8,15-17H2,1-4H3,(H,26,27). The zero-order chi connectivity index (χ0) is 22.7. The van der Waals surface area contributed by atoms with Crippen LogP contribution in [0.25, 0.3) is 11.0 Å². The van der Waals surface area contributed by atoms with Crippen molar-refractivity contribution >= 4 is 23.1 Å². The fourth-order valence-electron chi connectivity index (χ4n) is 4.10. The van der Waals surface area contributed by atoms with Gasteiger partial charge in [-0.1, -0.05) is 24.3 Å². The topological polar surface area (TPSA) is 68.6 Å². The summed E-state index contributed by atoms with van der Waals surface area (Å²) in [5.41, 5.74) is 2.68. The van der Waals surface area contributed by atoms with Gasteiger partial charge in [-0.3, -0.25) is 0 Å². The number of fused-ring (bicyclic) bond motifs is 1. The van der Waals surface area contributed by atoms with E-state index in [9.17, 15) is 4.79 Å². The summed E-state index contributed by atoms with van der Waals surface area (Å²) >= 11 is 0. The molecule has 4 rings (SSSR count). The van der Waals surface area contributed by atoms with Crippen LogP contribution in [-0.2, 0) is 11.3 Å². The molecule has 1 amide bonds. The number of hydrogen-bond donors (Lipinski definition) is 1. The Balaban J connectivity index is 1.52. The molecule has 1 fully saturated rings. The van der Waals surface area contributed by atoms with Gasteiger partial charge < -0.3 is 24.3 Å². The Morgan fingerprint density at radius 1 is 1.16 bits per heavy atom. The molecule has 1 N–H and O–H groups in total. The maximum atomic E-state index is 12.6. The summed E-state index contributed by atoms with van der Waals surface area (Å²) in [6.07, 6.45) is 1.69. The van der Waals surface area contributed by atoms with Crippen LogP contribution < -0.4 is 10.1 Å². The summed E-state index contributed by atoms with van der Waals surface area (Å²) in [6, 6.07) is 16.3. The highest BCUT2D eigenvalue weighted by molar-refractivity contribution is 5.78. The Kier molecular flexibility index (Phi) is 6.26. The van der Waals surface area contributed by atoms with Crippen LogP contribution in [-0.4, -0.2) is 52.4 Å². The van der Waals surface area contributed by atoms with Crippen LogP contribution in [0.2, 0.25) is 0 Å².